The SMILES string of the molecule is Cc1cc(Oc2ccc(C)c(N(CC(O)CCl)CC(O)CCl)c2)ccc1N(CC(O)CCl)CC(O)CCl. The van der Waals surface area contributed by atoms with E-state index < -0.39 is 24.4 Å². The molecule has 0 amide bonds. The zero-order chi connectivity index (χ0) is 27.5. The molecule has 2 aromatic rings. The number of hydrogen-bond acceptors (Lipinski definition) is 7. The van der Waals surface area contributed by atoms with Gasteiger partial charge in [-0.3, -0.25) is 0 Å². The van der Waals surface area contributed by atoms with Gasteiger partial charge < -0.3 is 35.0 Å². The molecule has 2 rings (SSSR count). The van der Waals surface area contributed by atoms with E-state index in [-0.39, 0.29) is 49.7 Å². The lowest BCUT2D eigenvalue weighted by molar-refractivity contribution is 0.180. The molecule has 0 aliphatic carbocycles. The van der Waals surface area contributed by atoms with Crippen molar-refractivity contribution in [2.75, 3.05) is 59.5 Å². The third-order valence-electron chi connectivity index (χ3n) is 5.70. The molecule has 37 heavy (non-hydrogen) atoms. The second-order valence-corrected chi connectivity index (χ2v) is 10.3. The summed E-state index contributed by atoms with van der Waals surface area (Å²) in [5.41, 5.74) is 3.43. The topological polar surface area (TPSA) is 96.6 Å². The molecule has 0 bridgehead atoms. The van der Waals surface area contributed by atoms with Crippen LogP contribution in [0.15, 0.2) is 36.4 Å². The number of aliphatic hydroxyl groups excluding tert-OH is 4. The van der Waals surface area contributed by atoms with Crippen molar-refractivity contribution in [2.24, 2.45) is 0 Å². The number of benzene rings is 2. The molecule has 0 aromatic heterocycles. The number of hydrogen-bond donors (Lipinski definition) is 4. The molecule has 4 unspecified atom stereocenters. The van der Waals surface area contributed by atoms with Gasteiger partial charge >= 0.3 is 0 Å². The second-order valence-electron chi connectivity index (χ2n) is 9.04. The minimum Gasteiger partial charge on any atom is -0.457 e. The minimum atomic E-state index is -0.777. The van der Waals surface area contributed by atoms with Crippen LogP contribution >= 0.6 is 46.4 Å². The van der Waals surface area contributed by atoms with Crippen molar-refractivity contribution in [1.29, 1.82) is 0 Å². The first-order chi connectivity index (χ1) is 17.6. The summed E-state index contributed by atoms with van der Waals surface area (Å²) in [5, 5.41) is 40.5. The fourth-order valence-electron chi connectivity index (χ4n) is 3.93. The molecule has 11 heteroatoms. The molecule has 7 nitrogen and oxygen atoms in total. The molecule has 0 aliphatic rings. The average molecular weight is 598 g/mol. The number of aliphatic hydroxyl groups is 4. The number of alkyl halides is 4. The lowest BCUT2D eigenvalue weighted by Gasteiger charge is -2.30. The molecule has 0 heterocycles. The fraction of sp³-hybridized carbons (Fsp3) is 0.538. The van der Waals surface area contributed by atoms with Gasteiger partial charge in [-0.1, -0.05) is 6.07 Å². The molecule has 4 N–H and O–H groups in total. The van der Waals surface area contributed by atoms with Crippen LogP contribution in [0.2, 0.25) is 0 Å². The van der Waals surface area contributed by atoms with Gasteiger partial charge in [-0.25, -0.2) is 0 Å². The van der Waals surface area contributed by atoms with E-state index in [4.69, 9.17) is 51.1 Å². The molecule has 0 fully saturated rings. The van der Waals surface area contributed by atoms with Crippen LogP contribution < -0.4 is 14.5 Å². The summed E-state index contributed by atoms with van der Waals surface area (Å²) < 4.78 is 6.14. The van der Waals surface area contributed by atoms with E-state index >= 15 is 0 Å². The number of nitrogens with zero attached hydrogens (tertiary/aromatic N) is 2. The number of rotatable bonds is 16. The summed E-state index contributed by atoms with van der Waals surface area (Å²) in [4.78, 5) is 3.70. The maximum atomic E-state index is 10.1. The standard InChI is InChI=1S/C26H36Cl4N2O5/c1-17-3-4-24(8-26(17)32(15-21(35)11-29)16-22(36)12-30)37-23-5-6-25(18(2)7-23)31(13-19(33)9-27)14-20(34)10-28/h3-8,19-22,33-36H,9-16H2,1-2H3. The highest BCUT2D eigenvalue weighted by Crippen LogP contribution is 2.32. The molecular weight excluding hydrogens is 562 g/mol. The quantitative estimate of drug-likeness (QED) is 0.216. The van der Waals surface area contributed by atoms with Gasteiger partial charge in [-0.05, 0) is 49.2 Å². The van der Waals surface area contributed by atoms with Gasteiger partial charge in [0.2, 0.25) is 0 Å². The summed E-state index contributed by atoms with van der Waals surface area (Å²) in [7, 11) is 0. The van der Waals surface area contributed by atoms with E-state index in [1.54, 1.807) is 6.07 Å². The summed E-state index contributed by atoms with van der Waals surface area (Å²) in [6.07, 6.45) is -3.08. The highest BCUT2D eigenvalue weighted by atomic mass is 35.5. The van der Waals surface area contributed by atoms with Crippen molar-refractivity contribution in [2.45, 2.75) is 38.3 Å². The summed E-state index contributed by atoms with van der Waals surface area (Å²) >= 11 is 23.2. The highest BCUT2D eigenvalue weighted by molar-refractivity contribution is 6.18. The molecule has 0 saturated carbocycles. The first-order valence-corrected chi connectivity index (χ1v) is 14.1. The van der Waals surface area contributed by atoms with Gasteiger partial charge in [0.15, 0.2) is 0 Å². The van der Waals surface area contributed by atoms with Gasteiger partial charge in [0, 0.05) is 43.6 Å². The Morgan fingerprint density at radius 2 is 1.00 bits per heavy atom. The average Bonchev–Trinajstić information content (AvgIpc) is 2.88. The largest absolute Gasteiger partial charge is 0.457 e. The lowest BCUT2D eigenvalue weighted by atomic mass is 10.1. The van der Waals surface area contributed by atoms with Gasteiger partial charge in [0.25, 0.3) is 0 Å². The fourth-order valence-corrected chi connectivity index (χ4v) is 4.32. The van der Waals surface area contributed by atoms with E-state index in [2.05, 4.69) is 0 Å². The smallest absolute Gasteiger partial charge is 0.129 e. The Balaban J connectivity index is 2.30. The van der Waals surface area contributed by atoms with Gasteiger partial charge in [-0.15, -0.1) is 46.4 Å². The van der Waals surface area contributed by atoms with Crippen LogP contribution in [0.25, 0.3) is 0 Å². The van der Waals surface area contributed by atoms with Gasteiger partial charge in [0.05, 0.1) is 47.9 Å². The van der Waals surface area contributed by atoms with Crippen molar-refractivity contribution in [3.05, 3.63) is 47.5 Å². The normalized spacial score (nSPS) is 14.6. The Kier molecular flexibility index (Phi) is 13.9. The van der Waals surface area contributed by atoms with Crippen LogP contribution in [0.4, 0.5) is 11.4 Å². The van der Waals surface area contributed by atoms with Crippen LogP contribution in [0.3, 0.4) is 0 Å². The molecule has 0 radical (unpaired) electrons. The summed E-state index contributed by atoms with van der Waals surface area (Å²) in [5.74, 6) is 1.45. The predicted molar refractivity (Wildman–Crippen MR) is 154 cm³/mol. The zero-order valence-corrected chi connectivity index (χ0v) is 24.1. The highest BCUT2D eigenvalue weighted by Gasteiger charge is 2.20. The molecule has 0 spiro atoms. The number of anilines is 2. The van der Waals surface area contributed by atoms with Crippen LogP contribution in [-0.4, -0.2) is 94.5 Å². The van der Waals surface area contributed by atoms with E-state index in [1.165, 1.54) is 0 Å². The third-order valence-corrected chi connectivity index (χ3v) is 7.13. The molecule has 0 saturated heterocycles. The Hall–Kier alpha value is -1.16. The van der Waals surface area contributed by atoms with Crippen molar-refractivity contribution in [3.8, 4) is 11.5 Å². The minimum absolute atomic E-state index is 0.0647. The predicted octanol–water partition coefficient (Wildman–Crippen LogP) is 4.11. The number of aryl methyl sites for hydroxylation is 2. The lowest BCUT2D eigenvalue weighted by Crippen LogP contribution is -2.39. The van der Waals surface area contributed by atoms with E-state index in [9.17, 15) is 20.4 Å². The van der Waals surface area contributed by atoms with Gasteiger partial charge in [0.1, 0.15) is 11.5 Å². The maximum absolute atomic E-state index is 10.1. The zero-order valence-electron chi connectivity index (χ0n) is 21.0. The molecule has 2 aromatic carbocycles. The monoisotopic (exact) mass is 596 g/mol. The Morgan fingerprint density at radius 1 is 0.595 bits per heavy atom. The van der Waals surface area contributed by atoms with Crippen LogP contribution in [0.1, 0.15) is 11.1 Å². The van der Waals surface area contributed by atoms with Crippen molar-refractivity contribution < 1.29 is 25.2 Å². The molecular formula is C26H36Cl4N2O5. The first kappa shape index (κ1) is 32.1. The van der Waals surface area contributed by atoms with Gasteiger partial charge in [-0.2, -0.15) is 0 Å². The Morgan fingerprint density at radius 3 is 1.43 bits per heavy atom. The van der Waals surface area contributed by atoms with Crippen LogP contribution in [0, 0.1) is 13.8 Å². The Bertz CT molecular complexity index is 947. The summed E-state index contributed by atoms with van der Waals surface area (Å²) in [6, 6.07) is 11.1. The summed E-state index contributed by atoms with van der Waals surface area (Å²) in [6.45, 7) is 4.81. The third kappa shape index (κ3) is 10.2. The first-order valence-electron chi connectivity index (χ1n) is 12.0. The van der Waals surface area contributed by atoms with E-state index in [1.807, 2.05) is 54.0 Å². The van der Waals surface area contributed by atoms with Crippen molar-refractivity contribution in [3.63, 3.8) is 0 Å². The Labute approximate surface area is 239 Å². The van der Waals surface area contributed by atoms with E-state index in [0.717, 1.165) is 22.5 Å². The molecule has 0 aliphatic heterocycles. The van der Waals surface area contributed by atoms with Crippen molar-refractivity contribution >= 4 is 57.8 Å². The number of ether oxygens (including phenoxy) is 1. The van der Waals surface area contributed by atoms with Crippen molar-refractivity contribution in [1.82, 2.24) is 0 Å². The van der Waals surface area contributed by atoms with Crippen LogP contribution in [-0.2, 0) is 0 Å². The molecule has 208 valence electrons. The van der Waals surface area contributed by atoms with E-state index in [0.29, 0.717) is 11.5 Å². The number of halogens is 4. The maximum Gasteiger partial charge on any atom is 0.129 e. The second kappa shape index (κ2) is 16.1. The molecule has 4 atom stereocenters. The van der Waals surface area contributed by atoms with Crippen LogP contribution in [0.5, 0.6) is 11.5 Å².